The van der Waals surface area contributed by atoms with Crippen LogP contribution in [0.15, 0.2) is 57.9 Å². The molecule has 0 unspecified atom stereocenters. The predicted octanol–water partition coefficient (Wildman–Crippen LogP) is 2.20. The van der Waals surface area contributed by atoms with Crippen LogP contribution in [0, 0.1) is 0 Å². The first-order valence-electron chi connectivity index (χ1n) is 9.40. The molecule has 1 amide bonds. The van der Waals surface area contributed by atoms with E-state index < -0.39 is 15.9 Å². The lowest BCUT2D eigenvalue weighted by atomic mass is 10.2. The van der Waals surface area contributed by atoms with Crippen molar-refractivity contribution in [3.05, 3.63) is 60.0 Å². The number of ether oxygens (including phenoxy) is 1. The lowest BCUT2D eigenvalue weighted by Gasteiger charge is -2.16. The molecule has 9 nitrogen and oxygen atoms in total. The van der Waals surface area contributed by atoms with Crippen LogP contribution in [0.3, 0.4) is 0 Å². The minimum Gasteiger partial charge on any atom is -0.483 e. The lowest BCUT2D eigenvalue weighted by molar-refractivity contribution is 0.0994. The molecule has 1 aliphatic heterocycles. The number of aromatic nitrogens is 2. The van der Waals surface area contributed by atoms with E-state index >= 15 is 0 Å². The number of benzene rings is 2. The van der Waals surface area contributed by atoms with Gasteiger partial charge in [-0.05, 0) is 31.0 Å². The first-order valence-corrected chi connectivity index (χ1v) is 10.8. The number of nitrogens with zero attached hydrogens (tertiary/aromatic N) is 3. The van der Waals surface area contributed by atoms with Crippen molar-refractivity contribution in [2.24, 2.45) is 5.73 Å². The number of hydrogen-bond donors (Lipinski definition) is 1. The molecule has 1 aromatic heterocycles. The Morgan fingerprint density at radius 1 is 1.13 bits per heavy atom. The van der Waals surface area contributed by atoms with E-state index in [0.717, 1.165) is 18.4 Å². The van der Waals surface area contributed by atoms with E-state index in [1.165, 1.54) is 22.5 Å². The SMILES string of the molecule is NC(=O)c1cc(S(=O)(=O)N2CCCC2)ccc1OCc1nc(-c2ccccc2)no1. The lowest BCUT2D eigenvalue weighted by Crippen LogP contribution is -2.28. The third-order valence-corrected chi connectivity index (χ3v) is 6.67. The van der Waals surface area contributed by atoms with Crippen molar-refractivity contribution in [2.45, 2.75) is 24.3 Å². The number of carbonyl (C=O) groups excluding carboxylic acids is 1. The fraction of sp³-hybridized carbons (Fsp3) is 0.250. The summed E-state index contributed by atoms with van der Waals surface area (Å²) in [6.45, 7) is 0.832. The number of hydrogen-bond acceptors (Lipinski definition) is 7. The van der Waals surface area contributed by atoms with Gasteiger partial charge in [0.15, 0.2) is 6.61 Å². The normalized spacial score (nSPS) is 14.7. The Morgan fingerprint density at radius 2 is 1.87 bits per heavy atom. The van der Waals surface area contributed by atoms with E-state index in [-0.39, 0.29) is 28.7 Å². The molecule has 0 aliphatic carbocycles. The van der Waals surface area contributed by atoms with Crippen LogP contribution in [0.1, 0.15) is 29.1 Å². The largest absolute Gasteiger partial charge is 0.483 e. The van der Waals surface area contributed by atoms with E-state index in [9.17, 15) is 13.2 Å². The molecule has 2 heterocycles. The summed E-state index contributed by atoms with van der Waals surface area (Å²) in [6, 6.07) is 13.4. The Kier molecular flexibility index (Phi) is 5.51. The fourth-order valence-electron chi connectivity index (χ4n) is 3.22. The monoisotopic (exact) mass is 428 g/mol. The van der Waals surface area contributed by atoms with Crippen molar-refractivity contribution in [3.8, 4) is 17.1 Å². The van der Waals surface area contributed by atoms with Gasteiger partial charge in [0.1, 0.15) is 5.75 Å². The van der Waals surface area contributed by atoms with Crippen LogP contribution in [-0.4, -0.2) is 41.9 Å². The molecule has 0 atom stereocenters. The van der Waals surface area contributed by atoms with Crippen LogP contribution in [-0.2, 0) is 16.6 Å². The first kappa shape index (κ1) is 20.0. The Hall–Kier alpha value is -3.24. The topological polar surface area (TPSA) is 129 Å². The van der Waals surface area contributed by atoms with Gasteiger partial charge in [-0.15, -0.1) is 0 Å². The maximum absolute atomic E-state index is 12.7. The molecule has 0 radical (unpaired) electrons. The highest BCUT2D eigenvalue weighted by Gasteiger charge is 2.28. The van der Waals surface area contributed by atoms with Crippen LogP contribution in [0.4, 0.5) is 0 Å². The molecular formula is C20H20N4O5S. The molecule has 10 heteroatoms. The Labute approximate surface area is 173 Å². The van der Waals surface area contributed by atoms with Gasteiger partial charge < -0.3 is 15.0 Å². The van der Waals surface area contributed by atoms with Crippen LogP contribution in [0.2, 0.25) is 0 Å². The second kappa shape index (κ2) is 8.25. The molecule has 2 N–H and O–H groups in total. The van der Waals surface area contributed by atoms with Crippen LogP contribution in [0.25, 0.3) is 11.4 Å². The van der Waals surface area contributed by atoms with Gasteiger partial charge in [0.25, 0.3) is 11.8 Å². The van der Waals surface area contributed by atoms with Crippen molar-refractivity contribution < 1.29 is 22.5 Å². The number of rotatable bonds is 7. The standard InChI is InChI=1S/C20H20N4O5S/c21-19(25)16-12-15(30(26,27)24-10-4-5-11-24)8-9-17(16)28-13-18-22-20(23-29-18)14-6-2-1-3-7-14/h1-3,6-9,12H,4-5,10-11,13H2,(H2,21,25). The zero-order valence-electron chi connectivity index (χ0n) is 16.0. The Morgan fingerprint density at radius 3 is 2.57 bits per heavy atom. The summed E-state index contributed by atoms with van der Waals surface area (Å²) in [5.74, 6) is -0.0317. The molecule has 1 fully saturated rings. The molecule has 0 spiro atoms. The van der Waals surface area contributed by atoms with Gasteiger partial charge in [0, 0.05) is 18.7 Å². The van der Waals surface area contributed by atoms with Crippen LogP contribution >= 0.6 is 0 Å². The van der Waals surface area contributed by atoms with Crippen LogP contribution in [0.5, 0.6) is 5.75 Å². The molecule has 3 aromatic rings. The van der Waals surface area contributed by atoms with Crippen molar-refractivity contribution in [3.63, 3.8) is 0 Å². The zero-order chi connectivity index (χ0) is 21.1. The first-order chi connectivity index (χ1) is 14.4. The Balaban J connectivity index is 1.53. The molecule has 1 aliphatic rings. The number of nitrogens with two attached hydrogens (primary N) is 1. The van der Waals surface area contributed by atoms with Crippen molar-refractivity contribution >= 4 is 15.9 Å². The minimum absolute atomic E-state index is 0.00899. The van der Waals surface area contributed by atoms with Crippen molar-refractivity contribution in [1.29, 1.82) is 0 Å². The minimum atomic E-state index is -3.68. The summed E-state index contributed by atoms with van der Waals surface area (Å²) in [6.07, 6.45) is 1.64. The second-order valence-electron chi connectivity index (χ2n) is 6.80. The average molecular weight is 428 g/mol. The highest BCUT2D eigenvalue weighted by atomic mass is 32.2. The van der Waals surface area contributed by atoms with E-state index in [0.29, 0.717) is 18.9 Å². The average Bonchev–Trinajstić information content (AvgIpc) is 3.45. The van der Waals surface area contributed by atoms with Gasteiger partial charge >= 0.3 is 0 Å². The third-order valence-electron chi connectivity index (χ3n) is 4.77. The molecule has 2 aromatic carbocycles. The third kappa shape index (κ3) is 4.05. The van der Waals surface area contributed by atoms with Crippen molar-refractivity contribution in [2.75, 3.05) is 13.1 Å². The predicted molar refractivity (Wildman–Crippen MR) is 107 cm³/mol. The molecule has 0 bridgehead atoms. The summed E-state index contributed by atoms with van der Waals surface area (Å²) in [5.41, 5.74) is 6.21. The van der Waals surface area contributed by atoms with Gasteiger partial charge in [-0.3, -0.25) is 4.79 Å². The van der Waals surface area contributed by atoms with Gasteiger partial charge in [-0.25, -0.2) is 8.42 Å². The molecule has 0 saturated carbocycles. The van der Waals surface area contributed by atoms with Gasteiger partial charge in [-0.2, -0.15) is 9.29 Å². The quantitative estimate of drug-likeness (QED) is 0.611. The molecule has 1 saturated heterocycles. The maximum Gasteiger partial charge on any atom is 0.264 e. The molecule has 30 heavy (non-hydrogen) atoms. The van der Waals surface area contributed by atoms with Gasteiger partial charge in [0.05, 0.1) is 10.5 Å². The maximum atomic E-state index is 12.7. The summed E-state index contributed by atoms with van der Waals surface area (Å²) in [4.78, 5) is 16.2. The fourth-order valence-corrected chi connectivity index (χ4v) is 4.77. The molecule has 156 valence electrons. The number of primary amides is 1. The number of carbonyl (C=O) groups is 1. The summed E-state index contributed by atoms with van der Waals surface area (Å²) in [5, 5.41) is 3.90. The van der Waals surface area contributed by atoms with Gasteiger partial charge in [0.2, 0.25) is 15.8 Å². The highest BCUT2D eigenvalue weighted by Crippen LogP contribution is 2.27. The van der Waals surface area contributed by atoms with Gasteiger partial charge in [-0.1, -0.05) is 35.5 Å². The zero-order valence-corrected chi connectivity index (χ0v) is 16.8. The number of amides is 1. The second-order valence-corrected chi connectivity index (χ2v) is 8.74. The van der Waals surface area contributed by atoms with Crippen LogP contribution < -0.4 is 10.5 Å². The highest BCUT2D eigenvalue weighted by molar-refractivity contribution is 7.89. The van der Waals surface area contributed by atoms with Crippen molar-refractivity contribution in [1.82, 2.24) is 14.4 Å². The summed E-state index contributed by atoms with van der Waals surface area (Å²) < 4.78 is 37.7. The molecular weight excluding hydrogens is 408 g/mol. The summed E-state index contributed by atoms with van der Waals surface area (Å²) >= 11 is 0. The summed E-state index contributed by atoms with van der Waals surface area (Å²) in [7, 11) is -3.68. The van der Waals surface area contributed by atoms with E-state index in [2.05, 4.69) is 10.1 Å². The molecule has 4 rings (SSSR count). The van der Waals surface area contributed by atoms with E-state index in [1.54, 1.807) is 0 Å². The Bertz CT molecular complexity index is 1150. The number of sulfonamides is 1. The van der Waals surface area contributed by atoms with E-state index in [1.807, 2.05) is 30.3 Å². The van der Waals surface area contributed by atoms with E-state index in [4.69, 9.17) is 15.0 Å². The smallest absolute Gasteiger partial charge is 0.264 e.